The predicted molar refractivity (Wildman–Crippen MR) is 128 cm³/mol. The van der Waals surface area contributed by atoms with Gasteiger partial charge in [-0.2, -0.15) is 0 Å². The molecular formula is C25H34N6O. The number of likely N-dealkylation sites (N-methyl/N-ethyl adjacent to an activating group) is 1. The second kappa shape index (κ2) is 8.71. The largest absolute Gasteiger partial charge is 0.495 e. The van der Waals surface area contributed by atoms with E-state index in [1.807, 2.05) is 24.4 Å². The summed E-state index contributed by atoms with van der Waals surface area (Å²) in [5.41, 5.74) is 10.7. The summed E-state index contributed by atoms with van der Waals surface area (Å²) >= 11 is 0. The Kier molecular flexibility index (Phi) is 5.78. The van der Waals surface area contributed by atoms with Gasteiger partial charge in [-0.1, -0.05) is 6.07 Å². The van der Waals surface area contributed by atoms with Gasteiger partial charge in [-0.05, 0) is 51.8 Å². The SMILES string of the molecule is COc1cc(-c2nc([C@H]3CC[C@H](N4CCN(C)CC4)CC3)n3ccnc(C)c23)ccc1N. The molecule has 3 heterocycles. The molecule has 5 rings (SSSR count). The van der Waals surface area contributed by atoms with Gasteiger partial charge in [0.05, 0.1) is 29.7 Å². The standard InChI is InChI=1S/C25H34N6O/c1-17-24-23(19-6-9-21(26)22(16-19)32-3)28-25(31(24)11-10-27-17)18-4-7-20(8-5-18)30-14-12-29(2)13-15-30/h6,9-11,16,18,20H,4-5,7-8,12-15,26H2,1-3H3/t18-,20-. The number of nitrogens with zero attached hydrogens (tertiary/aromatic N) is 5. The summed E-state index contributed by atoms with van der Waals surface area (Å²) < 4.78 is 7.73. The fourth-order valence-electron chi connectivity index (χ4n) is 5.45. The van der Waals surface area contributed by atoms with Crippen molar-refractivity contribution in [1.29, 1.82) is 0 Å². The van der Waals surface area contributed by atoms with Crippen LogP contribution in [0.3, 0.4) is 0 Å². The van der Waals surface area contributed by atoms with E-state index in [4.69, 9.17) is 15.5 Å². The lowest BCUT2D eigenvalue weighted by molar-refractivity contribution is 0.0872. The Labute approximate surface area is 190 Å². The first kappa shape index (κ1) is 21.2. The molecule has 170 valence electrons. The number of fused-ring (bicyclic) bond motifs is 1. The quantitative estimate of drug-likeness (QED) is 0.633. The molecule has 1 aromatic carbocycles. The maximum absolute atomic E-state index is 6.06. The first-order valence-corrected chi connectivity index (χ1v) is 11.7. The number of methoxy groups -OCH3 is 1. The molecule has 1 saturated heterocycles. The molecule has 2 fully saturated rings. The Morgan fingerprint density at radius 3 is 2.53 bits per heavy atom. The van der Waals surface area contributed by atoms with Crippen molar-refractivity contribution >= 4 is 11.2 Å². The Hall–Kier alpha value is -2.64. The van der Waals surface area contributed by atoms with E-state index < -0.39 is 0 Å². The number of imidazole rings is 1. The van der Waals surface area contributed by atoms with Crippen LogP contribution in [0, 0.1) is 6.92 Å². The number of rotatable bonds is 4. The third kappa shape index (κ3) is 3.84. The van der Waals surface area contributed by atoms with E-state index in [2.05, 4.69) is 39.4 Å². The van der Waals surface area contributed by atoms with Crippen LogP contribution in [-0.2, 0) is 0 Å². The van der Waals surface area contributed by atoms with E-state index in [1.54, 1.807) is 7.11 Å². The molecule has 1 saturated carbocycles. The average Bonchev–Trinajstić information content (AvgIpc) is 3.21. The van der Waals surface area contributed by atoms with Crippen LogP contribution in [0.1, 0.15) is 43.1 Å². The summed E-state index contributed by atoms with van der Waals surface area (Å²) in [7, 11) is 3.88. The fourth-order valence-corrected chi connectivity index (χ4v) is 5.45. The van der Waals surface area contributed by atoms with Gasteiger partial charge >= 0.3 is 0 Å². The molecule has 7 nitrogen and oxygen atoms in total. The van der Waals surface area contributed by atoms with E-state index in [0.29, 0.717) is 17.4 Å². The van der Waals surface area contributed by atoms with Crippen LogP contribution in [0.4, 0.5) is 5.69 Å². The van der Waals surface area contributed by atoms with E-state index in [9.17, 15) is 0 Å². The number of aryl methyl sites for hydroxylation is 1. The lowest BCUT2D eigenvalue weighted by Crippen LogP contribution is -2.49. The first-order chi connectivity index (χ1) is 15.5. The van der Waals surface area contributed by atoms with Crippen molar-refractivity contribution in [2.45, 2.75) is 44.6 Å². The maximum atomic E-state index is 6.06. The van der Waals surface area contributed by atoms with Crippen molar-refractivity contribution in [3.8, 4) is 17.0 Å². The molecule has 0 unspecified atom stereocenters. The zero-order valence-corrected chi connectivity index (χ0v) is 19.4. The first-order valence-electron chi connectivity index (χ1n) is 11.7. The van der Waals surface area contributed by atoms with Crippen LogP contribution in [0.2, 0.25) is 0 Å². The average molecular weight is 435 g/mol. The van der Waals surface area contributed by atoms with E-state index in [1.165, 1.54) is 51.9 Å². The van der Waals surface area contributed by atoms with Gasteiger partial charge in [0, 0.05) is 56.1 Å². The summed E-state index contributed by atoms with van der Waals surface area (Å²) in [6, 6.07) is 6.63. The smallest absolute Gasteiger partial charge is 0.142 e. The Balaban J connectivity index is 1.44. The minimum absolute atomic E-state index is 0.470. The van der Waals surface area contributed by atoms with Crippen LogP contribution in [0.5, 0.6) is 5.75 Å². The van der Waals surface area contributed by atoms with E-state index >= 15 is 0 Å². The highest BCUT2D eigenvalue weighted by molar-refractivity contribution is 5.81. The van der Waals surface area contributed by atoms with Gasteiger partial charge in [-0.25, -0.2) is 4.98 Å². The molecule has 1 aliphatic carbocycles. The fraction of sp³-hybridized carbons (Fsp3) is 0.520. The summed E-state index contributed by atoms with van der Waals surface area (Å²) in [5, 5.41) is 0. The number of ether oxygens (including phenoxy) is 1. The van der Waals surface area contributed by atoms with Crippen molar-refractivity contribution < 1.29 is 4.74 Å². The Morgan fingerprint density at radius 2 is 1.81 bits per heavy atom. The molecular weight excluding hydrogens is 400 g/mol. The third-order valence-corrected chi connectivity index (χ3v) is 7.39. The highest BCUT2D eigenvalue weighted by atomic mass is 16.5. The highest BCUT2D eigenvalue weighted by Gasteiger charge is 2.31. The minimum Gasteiger partial charge on any atom is -0.495 e. The number of benzene rings is 1. The van der Waals surface area contributed by atoms with Crippen molar-refractivity contribution in [1.82, 2.24) is 24.2 Å². The van der Waals surface area contributed by atoms with Gasteiger partial charge in [-0.3, -0.25) is 14.3 Å². The zero-order valence-electron chi connectivity index (χ0n) is 19.4. The summed E-state index contributed by atoms with van der Waals surface area (Å²) in [4.78, 5) is 14.9. The van der Waals surface area contributed by atoms with Gasteiger partial charge in [0.15, 0.2) is 0 Å². The molecule has 2 aliphatic rings. The number of hydrogen-bond acceptors (Lipinski definition) is 6. The summed E-state index contributed by atoms with van der Waals surface area (Å²) in [6.45, 7) is 6.83. The number of nitrogens with two attached hydrogens (primary N) is 1. The Morgan fingerprint density at radius 1 is 1.06 bits per heavy atom. The van der Waals surface area contributed by atoms with E-state index in [-0.39, 0.29) is 0 Å². The minimum atomic E-state index is 0.470. The maximum Gasteiger partial charge on any atom is 0.142 e. The summed E-state index contributed by atoms with van der Waals surface area (Å²) in [5.74, 6) is 2.31. The normalized spacial score (nSPS) is 23.0. The van der Waals surface area contributed by atoms with Gasteiger partial charge in [-0.15, -0.1) is 0 Å². The van der Waals surface area contributed by atoms with Gasteiger partial charge in [0.25, 0.3) is 0 Å². The molecule has 0 spiro atoms. The number of aromatic nitrogens is 3. The van der Waals surface area contributed by atoms with Crippen molar-refractivity contribution in [3.63, 3.8) is 0 Å². The lowest BCUT2D eigenvalue weighted by atomic mass is 9.84. The molecule has 0 bridgehead atoms. The molecule has 2 aromatic heterocycles. The number of piperazine rings is 1. The Bertz CT molecular complexity index is 1090. The van der Waals surface area contributed by atoms with Crippen LogP contribution in [0.15, 0.2) is 30.6 Å². The van der Waals surface area contributed by atoms with Gasteiger partial charge < -0.3 is 15.4 Å². The topological polar surface area (TPSA) is 71.9 Å². The molecule has 7 heteroatoms. The number of nitrogen functional groups attached to an aromatic ring is 1. The van der Waals surface area contributed by atoms with E-state index in [0.717, 1.165) is 34.3 Å². The lowest BCUT2D eigenvalue weighted by Gasteiger charge is -2.41. The molecule has 1 aliphatic heterocycles. The van der Waals surface area contributed by atoms with Crippen LogP contribution in [0.25, 0.3) is 16.8 Å². The summed E-state index contributed by atoms with van der Waals surface area (Å²) in [6.07, 6.45) is 8.81. The molecule has 0 radical (unpaired) electrons. The van der Waals surface area contributed by atoms with Gasteiger partial charge in [0.1, 0.15) is 11.6 Å². The molecule has 32 heavy (non-hydrogen) atoms. The van der Waals surface area contributed by atoms with Crippen LogP contribution < -0.4 is 10.5 Å². The second-order valence-electron chi connectivity index (χ2n) is 9.35. The second-order valence-corrected chi connectivity index (χ2v) is 9.35. The van der Waals surface area contributed by atoms with Crippen LogP contribution in [-0.4, -0.2) is 70.5 Å². The van der Waals surface area contributed by atoms with Crippen molar-refractivity contribution in [2.75, 3.05) is 46.1 Å². The third-order valence-electron chi connectivity index (χ3n) is 7.39. The van der Waals surface area contributed by atoms with Crippen molar-refractivity contribution in [3.05, 3.63) is 42.1 Å². The molecule has 3 aromatic rings. The number of anilines is 1. The highest BCUT2D eigenvalue weighted by Crippen LogP contribution is 2.38. The molecule has 0 amide bonds. The molecule has 0 atom stereocenters. The van der Waals surface area contributed by atoms with Crippen LogP contribution >= 0.6 is 0 Å². The molecule has 2 N–H and O–H groups in total. The number of hydrogen-bond donors (Lipinski definition) is 1. The van der Waals surface area contributed by atoms with Gasteiger partial charge in [0.2, 0.25) is 0 Å². The zero-order chi connectivity index (χ0) is 22.2. The predicted octanol–water partition coefficient (Wildman–Crippen LogP) is 3.57. The monoisotopic (exact) mass is 434 g/mol. The van der Waals surface area contributed by atoms with Crippen molar-refractivity contribution in [2.24, 2.45) is 0 Å².